The Kier molecular flexibility index (Phi) is 8.33. The van der Waals surface area contributed by atoms with Gasteiger partial charge in [0.1, 0.15) is 11.5 Å². The van der Waals surface area contributed by atoms with Crippen molar-refractivity contribution in [1.82, 2.24) is 10.3 Å². The number of nitrogens with zero attached hydrogens (tertiary/aromatic N) is 1. The Bertz CT molecular complexity index is 1140. The van der Waals surface area contributed by atoms with Crippen LogP contribution in [-0.2, 0) is 4.79 Å². The summed E-state index contributed by atoms with van der Waals surface area (Å²) < 4.78 is 16.8. The Morgan fingerprint density at radius 3 is 2.50 bits per heavy atom. The van der Waals surface area contributed by atoms with Gasteiger partial charge in [0.25, 0.3) is 0 Å². The van der Waals surface area contributed by atoms with Crippen LogP contribution in [0.25, 0.3) is 10.9 Å². The van der Waals surface area contributed by atoms with Gasteiger partial charge in [-0.15, -0.1) is 11.6 Å². The zero-order valence-corrected chi connectivity index (χ0v) is 19.7. The molecular formula is C22H21Cl2N3O4S. The van der Waals surface area contributed by atoms with E-state index in [4.69, 9.17) is 49.6 Å². The number of carbonyl (C=O) groups excluding carboxylic acids is 1. The van der Waals surface area contributed by atoms with Crippen LogP contribution in [0.3, 0.4) is 0 Å². The topological polar surface area (TPSA) is 81.7 Å². The van der Waals surface area contributed by atoms with Gasteiger partial charge >= 0.3 is 0 Å². The maximum Gasteiger partial charge on any atom is 0.226 e. The number of nitrogens with one attached hydrogen (secondary N) is 2. The van der Waals surface area contributed by atoms with Crippen LogP contribution in [0.15, 0.2) is 42.6 Å². The van der Waals surface area contributed by atoms with E-state index in [9.17, 15) is 4.79 Å². The number of amides is 1. The van der Waals surface area contributed by atoms with E-state index >= 15 is 0 Å². The lowest BCUT2D eigenvalue weighted by Crippen LogP contribution is -2.33. The molecule has 0 radical (unpaired) electrons. The molecule has 168 valence electrons. The number of benzene rings is 2. The molecule has 0 spiro atoms. The Labute approximate surface area is 201 Å². The largest absolute Gasteiger partial charge is 0.493 e. The van der Waals surface area contributed by atoms with Gasteiger partial charge in [-0.1, -0.05) is 11.6 Å². The average molecular weight is 494 g/mol. The summed E-state index contributed by atoms with van der Waals surface area (Å²) in [6.07, 6.45) is 2.52. The van der Waals surface area contributed by atoms with Crippen LogP contribution in [0.5, 0.6) is 23.0 Å². The van der Waals surface area contributed by atoms with Crippen molar-refractivity contribution in [3.63, 3.8) is 0 Å². The number of rotatable bonds is 8. The highest BCUT2D eigenvalue weighted by Crippen LogP contribution is 2.38. The maximum atomic E-state index is 11.8. The lowest BCUT2D eigenvalue weighted by Gasteiger charge is -2.14. The molecule has 2 N–H and O–H groups in total. The van der Waals surface area contributed by atoms with Crippen molar-refractivity contribution in [2.24, 2.45) is 0 Å². The fourth-order valence-electron chi connectivity index (χ4n) is 2.90. The Hall–Kier alpha value is -2.81. The maximum absolute atomic E-state index is 11.8. The van der Waals surface area contributed by atoms with Crippen LogP contribution in [0.1, 0.15) is 12.8 Å². The van der Waals surface area contributed by atoms with Crippen LogP contribution >= 0.6 is 35.4 Å². The molecule has 32 heavy (non-hydrogen) atoms. The lowest BCUT2D eigenvalue weighted by molar-refractivity contribution is -0.119. The number of ether oxygens (including phenoxy) is 3. The molecule has 10 heteroatoms. The van der Waals surface area contributed by atoms with Gasteiger partial charge in [-0.3, -0.25) is 9.78 Å². The standard InChI is InChI=1S/C22H21Cl2N3O4S/c1-29-19-11-14-16(12-20(19)30-2)25-9-7-17(14)31-18-6-5-13(10-15(18)24)26-22(32)27-21(28)4-3-8-23/h5-7,9-12H,3-4,8H2,1-2H3,(H2,26,27,28,32). The molecule has 1 heterocycles. The van der Waals surface area contributed by atoms with Gasteiger partial charge in [0.05, 0.1) is 24.8 Å². The fraction of sp³-hybridized carbons (Fsp3) is 0.227. The van der Waals surface area contributed by atoms with Crippen LogP contribution in [0.4, 0.5) is 5.69 Å². The van der Waals surface area contributed by atoms with E-state index < -0.39 is 0 Å². The van der Waals surface area contributed by atoms with Crippen LogP contribution in [0, 0.1) is 0 Å². The first-order valence-electron chi connectivity index (χ1n) is 9.60. The molecule has 0 atom stereocenters. The number of halogens is 2. The summed E-state index contributed by atoms with van der Waals surface area (Å²) in [4.78, 5) is 16.1. The summed E-state index contributed by atoms with van der Waals surface area (Å²) in [5.74, 6) is 2.34. The van der Waals surface area contributed by atoms with Gasteiger partial charge in [0.2, 0.25) is 5.91 Å². The predicted molar refractivity (Wildman–Crippen MR) is 131 cm³/mol. The van der Waals surface area contributed by atoms with E-state index in [1.807, 2.05) is 0 Å². The van der Waals surface area contributed by atoms with Gasteiger partial charge in [-0.05, 0) is 49.0 Å². The third kappa shape index (κ3) is 5.91. The first kappa shape index (κ1) is 23.8. The quantitative estimate of drug-likeness (QED) is 0.315. The zero-order valence-electron chi connectivity index (χ0n) is 17.4. The zero-order chi connectivity index (χ0) is 23.1. The van der Waals surface area contributed by atoms with E-state index in [2.05, 4.69) is 15.6 Å². The number of fused-ring (bicyclic) bond motifs is 1. The summed E-state index contributed by atoms with van der Waals surface area (Å²) in [6, 6.07) is 10.4. The number of anilines is 1. The minimum Gasteiger partial charge on any atom is -0.493 e. The molecular weight excluding hydrogens is 473 g/mol. The number of carbonyl (C=O) groups is 1. The summed E-state index contributed by atoms with van der Waals surface area (Å²) in [5.41, 5.74) is 1.29. The van der Waals surface area contributed by atoms with Gasteiger partial charge in [-0.25, -0.2) is 0 Å². The fourth-order valence-corrected chi connectivity index (χ4v) is 3.48. The van der Waals surface area contributed by atoms with E-state index in [1.165, 1.54) is 0 Å². The summed E-state index contributed by atoms with van der Waals surface area (Å²) >= 11 is 17.2. The number of hydrogen-bond acceptors (Lipinski definition) is 6. The van der Waals surface area contributed by atoms with Gasteiger partial charge in [0, 0.05) is 35.6 Å². The minimum absolute atomic E-state index is 0.176. The number of thiocarbonyl (C=S) groups is 1. The highest BCUT2D eigenvalue weighted by Gasteiger charge is 2.13. The second kappa shape index (κ2) is 11.2. The second-order valence-electron chi connectivity index (χ2n) is 6.58. The third-order valence-corrected chi connectivity index (χ3v) is 5.17. The lowest BCUT2D eigenvalue weighted by atomic mass is 10.2. The van der Waals surface area contributed by atoms with Gasteiger partial charge in [0.15, 0.2) is 16.6 Å². The highest BCUT2D eigenvalue weighted by atomic mass is 35.5. The Morgan fingerprint density at radius 2 is 1.81 bits per heavy atom. The Balaban J connectivity index is 1.77. The van der Waals surface area contributed by atoms with E-state index in [-0.39, 0.29) is 11.0 Å². The number of pyridine rings is 1. The predicted octanol–water partition coefficient (Wildman–Crippen LogP) is 5.53. The van der Waals surface area contributed by atoms with E-state index in [1.54, 1.807) is 56.8 Å². The molecule has 7 nitrogen and oxygen atoms in total. The first-order chi connectivity index (χ1) is 15.4. The average Bonchev–Trinajstić information content (AvgIpc) is 2.78. The summed E-state index contributed by atoms with van der Waals surface area (Å²) in [7, 11) is 3.13. The van der Waals surface area contributed by atoms with Crippen molar-refractivity contribution in [2.45, 2.75) is 12.8 Å². The van der Waals surface area contributed by atoms with Crippen LogP contribution in [0.2, 0.25) is 5.02 Å². The molecule has 0 aliphatic rings. The third-order valence-electron chi connectivity index (χ3n) is 4.41. The van der Waals surface area contributed by atoms with Crippen molar-refractivity contribution < 1.29 is 19.0 Å². The van der Waals surface area contributed by atoms with E-state index in [0.29, 0.717) is 57.9 Å². The van der Waals surface area contributed by atoms with E-state index in [0.717, 1.165) is 5.39 Å². The molecule has 0 saturated heterocycles. The number of alkyl halides is 1. The number of hydrogen-bond donors (Lipinski definition) is 2. The molecule has 0 aliphatic carbocycles. The molecule has 0 unspecified atom stereocenters. The molecule has 3 rings (SSSR count). The van der Waals surface area contributed by atoms with Gasteiger partial charge in [-0.2, -0.15) is 0 Å². The van der Waals surface area contributed by atoms with Crippen molar-refractivity contribution in [3.8, 4) is 23.0 Å². The minimum atomic E-state index is -0.203. The summed E-state index contributed by atoms with van der Waals surface area (Å²) in [6.45, 7) is 0. The highest BCUT2D eigenvalue weighted by molar-refractivity contribution is 7.80. The molecule has 1 aromatic heterocycles. The monoisotopic (exact) mass is 493 g/mol. The SMILES string of the molecule is COc1cc2nccc(Oc3ccc(NC(=S)NC(=O)CCCCl)cc3Cl)c2cc1OC. The number of aromatic nitrogens is 1. The van der Waals surface area contributed by atoms with Crippen molar-refractivity contribution in [1.29, 1.82) is 0 Å². The van der Waals surface area contributed by atoms with Crippen LogP contribution < -0.4 is 24.8 Å². The van der Waals surface area contributed by atoms with Crippen molar-refractivity contribution in [2.75, 3.05) is 25.4 Å². The van der Waals surface area contributed by atoms with Gasteiger partial charge < -0.3 is 24.8 Å². The van der Waals surface area contributed by atoms with Crippen LogP contribution in [-0.4, -0.2) is 36.1 Å². The molecule has 0 bridgehead atoms. The first-order valence-corrected chi connectivity index (χ1v) is 10.9. The molecule has 2 aromatic carbocycles. The molecule has 3 aromatic rings. The Morgan fingerprint density at radius 1 is 1.06 bits per heavy atom. The molecule has 0 saturated carbocycles. The van der Waals surface area contributed by atoms with Crippen molar-refractivity contribution in [3.05, 3.63) is 47.6 Å². The number of methoxy groups -OCH3 is 2. The normalized spacial score (nSPS) is 10.5. The second-order valence-corrected chi connectivity index (χ2v) is 7.77. The summed E-state index contributed by atoms with van der Waals surface area (Å²) in [5, 5.41) is 6.80. The molecule has 0 aliphatic heterocycles. The van der Waals surface area contributed by atoms with Crippen molar-refractivity contribution >= 4 is 63.0 Å². The molecule has 1 amide bonds. The molecule has 0 fully saturated rings. The smallest absolute Gasteiger partial charge is 0.226 e.